The second kappa shape index (κ2) is 4.44. The summed E-state index contributed by atoms with van der Waals surface area (Å²) in [6.07, 6.45) is 1.66. The van der Waals surface area contributed by atoms with Gasteiger partial charge < -0.3 is 4.74 Å². The highest BCUT2D eigenvalue weighted by molar-refractivity contribution is 6.28. The minimum absolute atomic E-state index is 0.106. The Morgan fingerprint density at radius 3 is 2.81 bits per heavy atom. The Bertz CT molecular complexity index is 498. The Morgan fingerprint density at radius 1 is 1.38 bits per heavy atom. The number of aromatic nitrogens is 5. The molecule has 16 heavy (non-hydrogen) atoms. The summed E-state index contributed by atoms with van der Waals surface area (Å²) in [6, 6.07) is 2.01. The molecule has 0 bridgehead atoms. The van der Waals surface area contributed by atoms with Crippen LogP contribution in [-0.4, -0.2) is 31.3 Å². The zero-order valence-corrected chi connectivity index (χ0v) is 9.64. The van der Waals surface area contributed by atoms with Crippen molar-refractivity contribution in [3.8, 4) is 17.5 Å². The molecule has 0 atom stereocenters. The molecule has 0 fully saturated rings. The molecule has 84 valence electrons. The molecule has 0 aliphatic rings. The van der Waals surface area contributed by atoms with Crippen LogP contribution < -0.4 is 4.74 Å². The Morgan fingerprint density at radius 2 is 2.19 bits per heavy atom. The van der Waals surface area contributed by atoms with Crippen LogP contribution in [0.3, 0.4) is 0 Å². The van der Waals surface area contributed by atoms with Crippen LogP contribution in [-0.2, 0) is 7.05 Å². The van der Waals surface area contributed by atoms with Gasteiger partial charge in [0.1, 0.15) is 5.69 Å². The van der Waals surface area contributed by atoms with Crippen LogP contribution in [0.25, 0.3) is 11.5 Å². The van der Waals surface area contributed by atoms with Gasteiger partial charge in [-0.05, 0) is 24.6 Å². The third-order valence-corrected chi connectivity index (χ3v) is 2.08. The van der Waals surface area contributed by atoms with Crippen LogP contribution in [0.5, 0.6) is 6.01 Å². The van der Waals surface area contributed by atoms with E-state index in [0.717, 1.165) is 5.69 Å². The Labute approximate surface area is 97.3 Å². The van der Waals surface area contributed by atoms with Gasteiger partial charge in [0, 0.05) is 13.2 Å². The SMILES string of the molecule is CCOc1nc(Cl)nc(-c2ccnn2C)n1. The summed E-state index contributed by atoms with van der Waals surface area (Å²) in [5, 5.41) is 4.14. The standard InChI is InChI=1S/C9H10ClN5O/c1-3-16-9-13-7(12-8(10)14-9)6-4-5-11-15(6)2/h4-5H,3H2,1-2H3. The fourth-order valence-corrected chi connectivity index (χ4v) is 1.39. The van der Waals surface area contributed by atoms with E-state index in [4.69, 9.17) is 16.3 Å². The molecule has 0 aliphatic carbocycles. The van der Waals surface area contributed by atoms with Gasteiger partial charge in [-0.25, -0.2) is 0 Å². The summed E-state index contributed by atoms with van der Waals surface area (Å²) >= 11 is 5.78. The largest absolute Gasteiger partial charge is 0.464 e. The van der Waals surface area contributed by atoms with Gasteiger partial charge >= 0.3 is 6.01 Å². The van der Waals surface area contributed by atoms with E-state index in [1.807, 2.05) is 6.92 Å². The molecule has 0 radical (unpaired) electrons. The van der Waals surface area contributed by atoms with Gasteiger partial charge in [0.2, 0.25) is 5.28 Å². The summed E-state index contributed by atoms with van der Waals surface area (Å²) in [4.78, 5) is 12.0. The molecule has 0 N–H and O–H groups in total. The third kappa shape index (κ3) is 2.11. The number of rotatable bonds is 3. The topological polar surface area (TPSA) is 65.7 Å². The molecular formula is C9H10ClN5O. The van der Waals surface area contributed by atoms with Gasteiger partial charge in [-0.2, -0.15) is 20.1 Å². The van der Waals surface area contributed by atoms with Crippen molar-refractivity contribution in [3.63, 3.8) is 0 Å². The minimum atomic E-state index is 0.106. The highest BCUT2D eigenvalue weighted by atomic mass is 35.5. The highest BCUT2D eigenvalue weighted by Crippen LogP contribution is 2.17. The molecule has 0 amide bonds. The number of halogens is 1. The second-order valence-corrected chi connectivity index (χ2v) is 3.32. The first-order valence-electron chi connectivity index (χ1n) is 4.73. The maximum Gasteiger partial charge on any atom is 0.321 e. The molecule has 2 aromatic heterocycles. The monoisotopic (exact) mass is 239 g/mol. The summed E-state index contributed by atoms with van der Waals surface area (Å²) in [5.41, 5.74) is 0.755. The van der Waals surface area contributed by atoms with Crippen LogP contribution in [0.15, 0.2) is 12.3 Å². The first-order valence-corrected chi connectivity index (χ1v) is 5.11. The number of hydrogen-bond donors (Lipinski definition) is 0. The molecule has 2 aromatic rings. The summed E-state index contributed by atoms with van der Waals surface area (Å²) in [7, 11) is 1.80. The summed E-state index contributed by atoms with van der Waals surface area (Å²) < 4.78 is 6.84. The average Bonchev–Trinajstić information content (AvgIpc) is 2.64. The molecule has 0 aliphatic heterocycles. The van der Waals surface area contributed by atoms with Gasteiger partial charge in [-0.1, -0.05) is 0 Å². The smallest absolute Gasteiger partial charge is 0.321 e. The van der Waals surface area contributed by atoms with E-state index >= 15 is 0 Å². The molecule has 7 heteroatoms. The third-order valence-electron chi connectivity index (χ3n) is 1.91. The lowest BCUT2D eigenvalue weighted by Gasteiger charge is -2.04. The van der Waals surface area contributed by atoms with Crippen molar-refractivity contribution in [1.82, 2.24) is 24.7 Å². The van der Waals surface area contributed by atoms with E-state index in [9.17, 15) is 0 Å². The van der Waals surface area contributed by atoms with Gasteiger partial charge in [0.25, 0.3) is 0 Å². The Balaban J connectivity index is 2.45. The van der Waals surface area contributed by atoms with Crippen molar-refractivity contribution in [2.45, 2.75) is 6.92 Å². The predicted octanol–water partition coefficient (Wildman–Crippen LogP) is 1.32. The first-order chi connectivity index (χ1) is 7.70. The van der Waals surface area contributed by atoms with Crippen molar-refractivity contribution in [2.75, 3.05) is 6.61 Å². The Kier molecular flexibility index (Phi) is 3.00. The minimum Gasteiger partial charge on any atom is -0.464 e. The first kappa shape index (κ1) is 10.8. The summed E-state index contributed by atoms with van der Waals surface area (Å²) in [6.45, 7) is 2.33. The number of nitrogens with zero attached hydrogens (tertiary/aromatic N) is 5. The van der Waals surface area contributed by atoms with E-state index < -0.39 is 0 Å². The van der Waals surface area contributed by atoms with Crippen LogP contribution in [0.4, 0.5) is 0 Å². The quantitative estimate of drug-likeness (QED) is 0.808. The lowest BCUT2D eigenvalue weighted by Crippen LogP contribution is -2.03. The molecule has 6 nitrogen and oxygen atoms in total. The van der Waals surface area contributed by atoms with Gasteiger partial charge in [-0.15, -0.1) is 0 Å². The number of aryl methyl sites for hydroxylation is 1. The van der Waals surface area contributed by atoms with Crippen LogP contribution in [0.2, 0.25) is 5.28 Å². The van der Waals surface area contributed by atoms with Crippen LogP contribution in [0, 0.1) is 0 Å². The second-order valence-electron chi connectivity index (χ2n) is 2.98. The molecule has 0 saturated carbocycles. The van der Waals surface area contributed by atoms with E-state index in [2.05, 4.69) is 20.1 Å². The highest BCUT2D eigenvalue weighted by Gasteiger charge is 2.10. The molecule has 2 rings (SSSR count). The predicted molar refractivity (Wildman–Crippen MR) is 58.2 cm³/mol. The average molecular weight is 240 g/mol. The van der Waals surface area contributed by atoms with Crippen molar-refractivity contribution >= 4 is 11.6 Å². The zero-order valence-electron chi connectivity index (χ0n) is 8.88. The fraction of sp³-hybridized carbons (Fsp3) is 0.333. The number of ether oxygens (including phenoxy) is 1. The maximum atomic E-state index is 5.78. The van der Waals surface area contributed by atoms with Gasteiger partial charge in [0.05, 0.1) is 6.61 Å². The van der Waals surface area contributed by atoms with Crippen LogP contribution >= 0.6 is 11.6 Å². The normalized spacial score (nSPS) is 10.4. The fourth-order valence-electron chi connectivity index (χ4n) is 1.23. The van der Waals surface area contributed by atoms with E-state index in [-0.39, 0.29) is 11.3 Å². The number of hydrogen-bond acceptors (Lipinski definition) is 5. The lowest BCUT2D eigenvalue weighted by molar-refractivity contribution is 0.312. The molecule has 0 spiro atoms. The van der Waals surface area contributed by atoms with Gasteiger partial charge in [-0.3, -0.25) is 4.68 Å². The Hall–Kier alpha value is -1.69. The zero-order chi connectivity index (χ0) is 11.5. The molecular weight excluding hydrogens is 230 g/mol. The van der Waals surface area contributed by atoms with Gasteiger partial charge in [0.15, 0.2) is 5.82 Å². The van der Waals surface area contributed by atoms with Crippen molar-refractivity contribution in [2.24, 2.45) is 7.05 Å². The van der Waals surface area contributed by atoms with Crippen molar-refractivity contribution in [3.05, 3.63) is 17.5 Å². The summed E-state index contributed by atoms with van der Waals surface area (Å²) in [5.74, 6) is 0.448. The van der Waals surface area contributed by atoms with E-state index in [1.54, 1.807) is 24.0 Å². The van der Waals surface area contributed by atoms with Crippen molar-refractivity contribution in [1.29, 1.82) is 0 Å². The molecule has 0 aromatic carbocycles. The molecule has 0 unspecified atom stereocenters. The molecule has 2 heterocycles. The molecule has 0 saturated heterocycles. The lowest BCUT2D eigenvalue weighted by atomic mass is 10.4. The van der Waals surface area contributed by atoms with Crippen LogP contribution in [0.1, 0.15) is 6.92 Å². The van der Waals surface area contributed by atoms with E-state index in [0.29, 0.717) is 12.4 Å². The maximum absolute atomic E-state index is 5.78. The van der Waals surface area contributed by atoms with E-state index in [1.165, 1.54) is 0 Å². The van der Waals surface area contributed by atoms with Crippen molar-refractivity contribution < 1.29 is 4.74 Å².